The minimum atomic E-state index is -0.955. The van der Waals surface area contributed by atoms with Gasteiger partial charge >= 0.3 is 12.1 Å². The van der Waals surface area contributed by atoms with Crippen LogP contribution in [0.4, 0.5) is 10.5 Å². The van der Waals surface area contributed by atoms with Crippen molar-refractivity contribution in [1.82, 2.24) is 19.5 Å². The summed E-state index contributed by atoms with van der Waals surface area (Å²) < 4.78 is 7.31. The van der Waals surface area contributed by atoms with Gasteiger partial charge in [0.2, 0.25) is 0 Å². The van der Waals surface area contributed by atoms with Crippen molar-refractivity contribution in [3.05, 3.63) is 84.8 Å². The third-order valence-electron chi connectivity index (χ3n) is 7.61. The van der Waals surface area contributed by atoms with E-state index in [0.717, 1.165) is 39.9 Å². The first-order valence-corrected chi connectivity index (χ1v) is 14.0. The van der Waals surface area contributed by atoms with Gasteiger partial charge in [-0.3, -0.25) is 0 Å². The van der Waals surface area contributed by atoms with Crippen molar-refractivity contribution in [1.29, 1.82) is 0 Å². The zero-order valence-corrected chi connectivity index (χ0v) is 24.1. The molecule has 1 atom stereocenters. The molecule has 1 saturated heterocycles. The second kappa shape index (κ2) is 10.5. The molecule has 1 N–H and O–H groups in total. The Morgan fingerprint density at radius 3 is 2.36 bits per heavy atom. The third kappa shape index (κ3) is 5.13. The lowest BCUT2D eigenvalue weighted by atomic mass is 9.97. The number of hydrogen-bond acceptors (Lipinski definition) is 6. The number of amides is 1. The SMILES string of the molecule is C[C@H]1CN(C(=O)OC(C)(C)C)CCN1c1ccc(-c2cnc3c(-c4cccc5c(C(=O)O)cccc45)cnn3c2)cc1. The predicted molar refractivity (Wildman–Crippen MR) is 163 cm³/mol. The molecule has 1 fully saturated rings. The number of carbonyl (C=O) groups is 2. The molecule has 6 rings (SSSR count). The number of ether oxygens (including phenoxy) is 1. The lowest BCUT2D eigenvalue weighted by Crippen LogP contribution is -2.54. The zero-order chi connectivity index (χ0) is 29.6. The fourth-order valence-electron chi connectivity index (χ4n) is 5.62. The standard InChI is InChI=1S/C33H33N5O4/c1-21-19-36(32(41)42-33(2,3)4)15-16-37(21)24-13-11-22(12-14-24)23-17-34-30-29(18-35-38(30)20-23)27-9-5-8-26-25(27)7-6-10-28(26)31(39)40/h5-14,17-18,20-21H,15-16,19H2,1-4H3,(H,39,40)/t21-/m0/s1. The quantitative estimate of drug-likeness (QED) is 0.272. The molecule has 5 aromatic rings. The maximum absolute atomic E-state index is 12.5. The minimum absolute atomic E-state index is 0.151. The molecule has 0 radical (unpaired) electrons. The van der Waals surface area contributed by atoms with Crippen LogP contribution in [-0.4, -0.2) is 67.9 Å². The van der Waals surface area contributed by atoms with Gasteiger partial charge in [-0.1, -0.05) is 42.5 Å². The van der Waals surface area contributed by atoms with Crippen LogP contribution in [-0.2, 0) is 4.74 Å². The highest BCUT2D eigenvalue weighted by molar-refractivity contribution is 6.09. The van der Waals surface area contributed by atoms with Crippen molar-refractivity contribution < 1.29 is 19.4 Å². The van der Waals surface area contributed by atoms with Crippen LogP contribution in [0.5, 0.6) is 0 Å². The summed E-state index contributed by atoms with van der Waals surface area (Å²) in [5.41, 5.74) is 5.22. The van der Waals surface area contributed by atoms with E-state index in [4.69, 9.17) is 9.72 Å². The largest absolute Gasteiger partial charge is 0.478 e. The summed E-state index contributed by atoms with van der Waals surface area (Å²) in [7, 11) is 0. The smallest absolute Gasteiger partial charge is 0.410 e. The van der Waals surface area contributed by atoms with Crippen LogP contribution < -0.4 is 4.90 Å². The average Bonchev–Trinajstić information content (AvgIpc) is 3.39. The zero-order valence-electron chi connectivity index (χ0n) is 24.1. The number of hydrogen-bond donors (Lipinski definition) is 1. The first-order chi connectivity index (χ1) is 20.1. The Morgan fingerprint density at radius 2 is 1.64 bits per heavy atom. The topological polar surface area (TPSA) is 100 Å². The lowest BCUT2D eigenvalue weighted by molar-refractivity contribution is 0.0218. The Bertz CT molecular complexity index is 1810. The number of piperazine rings is 1. The number of rotatable bonds is 4. The maximum atomic E-state index is 12.5. The second-order valence-electron chi connectivity index (χ2n) is 11.7. The molecule has 42 heavy (non-hydrogen) atoms. The highest BCUT2D eigenvalue weighted by atomic mass is 16.6. The second-order valence-corrected chi connectivity index (χ2v) is 11.7. The van der Waals surface area contributed by atoms with E-state index < -0.39 is 11.6 Å². The molecule has 2 aromatic heterocycles. The molecule has 214 valence electrons. The fraction of sp³-hybridized carbons (Fsp3) is 0.273. The van der Waals surface area contributed by atoms with Crippen molar-refractivity contribution in [2.45, 2.75) is 39.3 Å². The van der Waals surface area contributed by atoms with Crippen molar-refractivity contribution in [2.75, 3.05) is 24.5 Å². The van der Waals surface area contributed by atoms with Crippen molar-refractivity contribution in [2.24, 2.45) is 0 Å². The first kappa shape index (κ1) is 27.3. The number of nitrogens with zero attached hydrogens (tertiary/aromatic N) is 5. The number of carboxylic acids is 1. The number of anilines is 1. The molecule has 0 saturated carbocycles. The number of carbonyl (C=O) groups excluding carboxylic acids is 1. The number of aromatic nitrogens is 3. The van der Waals surface area contributed by atoms with Gasteiger partial charge < -0.3 is 19.6 Å². The van der Waals surface area contributed by atoms with Crippen LogP contribution in [0.3, 0.4) is 0 Å². The Hall–Kier alpha value is -4.92. The van der Waals surface area contributed by atoms with E-state index in [1.807, 2.05) is 57.4 Å². The normalized spacial score (nSPS) is 15.8. The number of fused-ring (bicyclic) bond motifs is 2. The summed E-state index contributed by atoms with van der Waals surface area (Å²) in [5, 5.41) is 15.7. The van der Waals surface area contributed by atoms with Gasteiger partial charge in [0.25, 0.3) is 0 Å². The summed E-state index contributed by atoms with van der Waals surface area (Å²) in [6.07, 6.45) is 5.30. The third-order valence-corrected chi connectivity index (χ3v) is 7.61. The molecule has 1 aliphatic rings. The maximum Gasteiger partial charge on any atom is 0.410 e. The molecule has 1 aliphatic heterocycles. The van der Waals surface area contributed by atoms with Crippen molar-refractivity contribution in [3.8, 4) is 22.3 Å². The molecular formula is C33H33N5O4. The minimum Gasteiger partial charge on any atom is -0.478 e. The van der Waals surface area contributed by atoms with Crippen LogP contribution >= 0.6 is 0 Å². The van der Waals surface area contributed by atoms with Gasteiger partial charge in [0.15, 0.2) is 5.65 Å². The molecular weight excluding hydrogens is 530 g/mol. The fourth-order valence-corrected chi connectivity index (χ4v) is 5.62. The summed E-state index contributed by atoms with van der Waals surface area (Å²) in [5.74, 6) is -0.955. The molecule has 0 unspecified atom stereocenters. The van der Waals surface area contributed by atoms with E-state index in [9.17, 15) is 14.7 Å². The first-order valence-electron chi connectivity index (χ1n) is 14.0. The highest BCUT2D eigenvalue weighted by Gasteiger charge is 2.30. The van der Waals surface area contributed by atoms with Crippen molar-refractivity contribution >= 4 is 34.2 Å². The van der Waals surface area contributed by atoms with Gasteiger partial charge in [-0.05, 0) is 67.8 Å². The summed E-state index contributed by atoms with van der Waals surface area (Å²) in [6, 6.07) is 19.5. The van der Waals surface area contributed by atoms with Gasteiger partial charge in [-0.2, -0.15) is 5.10 Å². The molecule has 1 amide bonds. The van der Waals surface area contributed by atoms with Crippen LogP contribution in [0.25, 0.3) is 38.7 Å². The predicted octanol–water partition coefficient (Wildman–Crippen LogP) is 6.36. The van der Waals surface area contributed by atoms with Gasteiger partial charge in [0.05, 0.1) is 11.8 Å². The highest BCUT2D eigenvalue weighted by Crippen LogP contribution is 2.33. The Morgan fingerprint density at radius 1 is 0.905 bits per heavy atom. The van der Waals surface area contributed by atoms with E-state index in [0.29, 0.717) is 24.1 Å². The van der Waals surface area contributed by atoms with E-state index in [1.165, 1.54) is 0 Å². The van der Waals surface area contributed by atoms with Crippen LogP contribution in [0.15, 0.2) is 79.3 Å². The number of benzene rings is 3. The van der Waals surface area contributed by atoms with E-state index in [1.54, 1.807) is 27.7 Å². The summed E-state index contributed by atoms with van der Waals surface area (Å²) in [4.78, 5) is 33.1. The van der Waals surface area contributed by atoms with Crippen LogP contribution in [0.1, 0.15) is 38.1 Å². The molecule has 9 heteroatoms. The Kier molecular flexibility index (Phi) is 6.80. The average molecular weight is 564 g/mol. The number of aromatic carboxylic acids is 1. The monoisotopic (exact) mass is 563 g/mol. The Balaban J connectivity index is 1.22. The molecule has 0 aliphatic carbocycles. The van der Waals surface area contributed by atoms with Crippen LogP contribution in [0, 0.1) is 0 Å². The summed E-state index contributed by atoms with van der Waals surface area (Å²) >= 11 is 0. The van der Waals surface area contributed by atoms with Gasteiger partial charge in [-0.15, -0.1) is 0 Å². The van der Waals surface area contributed by atoms with Crippen LogP contribution in [0.2, 0.25) is 0 Å². The Labute approximate surface area is 244 Å². The number of carboxylic acid groups (broad SMARTS) is 1. The van der Waals surface area contributed by atoms with Gasteiger partial charge in [-0.25, -0.2) is 19.1 Å². The van der Waals surface area contributed by atoms with E-state index in [-0.39, 0.29) is 17.7 Å². The van der Waals surface area contributed by atoms with E-state index in [2.05, 4.69) is 41.2 Å². The van der Waals surface area contributed by atoms with Crippen molar-refractivity contribution in [3.63, 3.8) is 0 Å². The van der Waals surface area contributed by atoms with E-state index >= 15 is 0 Å². The molecule has 0 spiro atoms. The lowest BCUT2D eigenvalue weighted by Gasteiger charge is -2.41. The molecule has 3 aromatic carbocycles. The summed E-state index contributed by atoms with van der Waals surface area (Å²) in [6.45, 7) is 9.71. The molecule has 3 heterocycles. The molecule has 0 bridgehead atoms. The van der Waals surface area contributed by atoms with Gasteiger partial charge in [0.1, 0.15) is 5.60 Å². The molecule has 9 nitrogen and oxygen atoms in total. The van der Waals surface area contributed by atoms with Gasteiger partial charge in [0, 0.05) is 54.9 Å².